The largest absolute Gasteiger partial charge is 0.343 e. The minimum absolute atomic E-state index is 0.170. The molecule has 0 saturated carbocycles. The Morgan fingerprint density at radius 2 is 2.22 bits per heavy atom. The molecule has 2 aromatic rings. The quantitative estimate of drug-likeness (QED) is 0.867. The van der Waals surface area contributed by atoms with E-state index >= 15 is 0 Å². The maximum atomic E-state index is 11.5. The van der Waals surface area contributed by atoms with Crippen molar-refractivity contribution in [3.05, 3.63) is 30.4 Å². The zero-order valence-electron chi connectivity index (χ0n) is 13.8. The van der Waals surface area contributed by atoms with Crippen molar-refractivity contribution in [3.63, 3.8) is 0 Å². The predicted molar refractivity (Wildman–Crippen MR) is 87.6 cm³/mol. The maximum absolute atomic E-state index is 11.5. The summed E-state index contributed by atoms with van der Waals surface area (Å²) in [5.41, 5.74) is 2.83. The average Bonchev–Trinajstić information content (AvgIpc) is 3.04. The number of hydrogen-bond acceptors (Lipinski definition) is 4. The van der Waals surface area contributed by atoms with Crippen LogP contribution in [0.15, 0.2) is 24.7 Å². The molecule has 0 N–H and O–H groups in total. The van der Waals surface area contributed by atoms with Crippen LogP contribution in [0.1, 0.15) is 32.4 Å². The lowest BCUT2D eigenvalue weighted by atomic mass is 9.93. The summed E-state index contributed by atoms with van der Waals surface area (Å²) in [4.78, 5) is 22.6. The SMILES string of the molecule is CCn1nccc1-c1cnc(C[C@H]2CCCN(C(C)=O)C2)cn1. The summed E-state index contributed by atoms with van der Waals surface area (Å²) >= 11 is 0. The molecule has 122 valence electrons. The van der Waals surface area contributed by atoms with E-state index in [1.807, 2.05) is 28.0 Å². The van der Waals surface area contributed by atoms with E-state index in [4.69, 9.17) is 0 Å². The van der Waals surface area contributed by atoms with E-state index in [9.17, 15) is 4.79 Å². The Morgan fingerprint density at radius 3 is 2.91 bits per heavy atom. The van der Waals surface area contributed by atoms with Crippen LogP contribution < -0.4 is 0 Å². The van der Waals surface area contributed by atoms with Gasteiger partial charge in [0, 0.05) is 39.0 Å². The van der Waals surface area contributed by atoms with Crippen molar-refractivity contribution in [2.45, 2.75) is 39.7 Å². The van der Waals surface area contributed by atoms with Crippen molar-refractivity contribution in [3.8, 4) is 11.4 Å². The average molecular weight is 313 g/mol. The molecule has 1 aliphatic rings. The lowest BCUT2D eigenvalue weighted by molar-refractivity contribution is -0.130. The summed E-state index contributed by atoms with van der Waals surface area (Å²) in [6.07, 6.45) is 8.57. The number of carbonyl (C=O) groups excluding carboxylic acids is 1. The van der Waals surface area contributed by atoms with Crippen LogP contribution >= 0.6 is 0 Å². The topological polar surface area (TPSA) is 63.9 Å². The lowest BCUT2D eigenvalue weighted by Gasteiger charge is -2.31. The summed E-state index contributed by atoms with van der Waals surface area (Å²) in [7, 11) is 0. The minimum Gasteiger partial charge on any atom is -0.343 e. The van der Waals surface area contributed by atoms with E-state index in [1.165, 1.54) is 0 Å². The molecule has 1 fully saturated rings. The molecule has 23 heavy (non-hydrogen) atoms. The number of aryl methyl sites for hydroxylation is 1. The monoisotopic (exact) mass is 313 g/mol. The Morgan fingerprint density at radius 1 is 1.35 bits per heavy atom. The Hall–Kier alpha value is -2.24. The molecule has 6 nitrogen and oxygen atoms in total. The summed E-state index contributed by atoms with van der Waals surface area (Å²) in [5.74, 6) is 0.651. The van der Waals surface area contributed by atoms with E-state index in [2.05, 4.69) is 22.0 Å². The van der Waals surface area contributed by atoms with Gasteiger partial charge in [0.1, 0.15) is 5.69 Å². The first kappa shape index (κ1) is 15.6. The third-order valence-corrected chi connectivity index (χ3v) is 4.45. The number of rotatable bonds is 4. The number of aromatic nitrogens is 4. The molecule has 1 atom stereocenters. The number of nitrogens with zero attached hydrogens (tertiary/aromatic N) is 5. The molecule has 0 spiro atoms. The maximum Gasteiger partial charge on any atom is 0.219 e. The molecule has 0 aromatic carbocycles. The summed E-state index contributed by atoms with van der Waals surface area (Å²) in [5, 5.41) is 4.26. The predicted octanol–water partition coefficient (Wildman–Crippen LogP) is 2.16. The van der Waals surface area contributed by atoms with Gasteiger partial charge in [0.2, 0.25) is 5.91 Å². The Balaban J connectivity index is 1.67. The van der Waals surface area contributed by atoms with Crippen LogP contribution in [0, 0.1) is 5.92 Å². The van der Waals surface area contributed by atoms with Crippen LogP contribution in [0.5, 0.6) is 0 Å². The van der Waals surface area contributed by atoms with Crippen LogP contribution in [-0.2, 0) is 17.8 Å². The second kappa shape index (κ2) is 6.89. The molecule has 0 bridgehead atoms. The third kappa shape index (κ3) is 3.57. The van der Waals surface area contributed by atoms with Gasteiger partial charge in [-0.25, -0.2) is 0 Å². The Bertz CT molecular complexity index is 664. The fourth-order valence-corrected chi connectivity index (χ4v) is 3.21. The van der Waals surface area contributed by atoms with Gasteiger partial charge in [-0.05, 0) is 38.2 Å². The molecule has 2 aromatic heterocycles. The Kier molecular flexibility index (Phi) is 4.69. The van der Waals surface area contributed by atoms with Crippen molar-refractivity contribution >= 4 is 5.91 Å². The standard InChI is InChI=1S/C17H23N5O/c1-3-22-17(6-7-20-22)16-11-18-15(10-19-16)9-14-5-4-8-21(12-14)13(2)23/h6-7,10-11,14H,3-5,8-9,12H2,1-2H3/t14-/m1/s1. The second-order valence-electron chi connectivity index (χ2n) is 6.10. The van der Waals surface area contributed by atoms with Crippen LogP contribution in [0.3, 0.4) is 0 Å². The van der Waals surface area contributed by atoms with Crippen molar-refractivity contribution in [1.29, 1.82) is 0 Å². The van der Waals surface area contributed by atoms with Crippen molar-refractivity contribution in [2.24, 2.45) is 5.92 Å². The molecule has 3 rings (SSSR count). The number of piperidine rings is 1. The Labute approximate surface area is 136 Å². The minimum atomic E-state index is 0.170. The molecular formula is C17H23N5O. The highest BCUT2D eigenvalue weighted by molar-refractivity contribution is 5.73. The molecule has 6 heteroatoms. The summed E-state index contributed by atoms with van der Waals surface area (Å²) < 4.78 is 1.91. The molecule has 1 aliphatic heterocycles. The smallest absolute Gasteiger partial charge is 0.219 e. The summed E-state index contributed by atoms with van der Waals surface area (Å²) in [6, 6.07) is 1.96. The molecule has 1 saturated heterocycles. The van der Waals surface area contributed by atoms with Gasteiger partial charge in [-0.2, -0.15) is 5.10 Å². The van der Waals surface area contributed by atoms with Crippen molar-refractivity contribution in [1.82, 2.24) is 24.6 Å². The third-order valence-electron chi connectivity index (χ3n) is 4.45. The van der Waals surface area contributed by atoms with Gasteiger partial charge in [-0.3, -0.25) is 19.4 Å². The zero-order chi connectivity index (χ0) is 16.2. The highest BCUT2D eigenvalue weighted by atomic mass is 16.2. The molecule has 0 radical (unpaired) electrons. The van der Waals surface area contributed by atoms with Crippen LogP contribution in [0.2, 0.25) is 0 Å². The first-order chi connectivity index (χ1) is 11.2. The van der Waals surface area contributed by atoms with Gasteiger partial charge in [0.05, 0.1) is 17.6 Å². The van der Waals surface area contributed by atoms with Gasteiger partial charge < -0.3 is 4.90 Å². The summed E-state index contributed by atoms with van der Waals surface area (Å²) in [6.45, 7) is 6.24. The zero-order valence-corrected chi connectivity index (χ0v) is 13.8. The van der Waals surface area contributed by atoms with E-state index in [0.29, 0.717) is 5.92 Å². The van der Waals surface area contributed by atoms with Gasteiger partial charge in [0.25, 0.3) is 0 Å². The highest BCUT2D eigenvalue weighted by Crippen LogP contribution is 2.21. The highest BCUT2D eigenvalue weighted by Gasteiger charge is 2.22. The van der Waals surface area contributed by atoms with Crippen molar-refractivity contribution < 1.29 is 4.79 Å². The van der Waals surface area contributed by atoms with Gasteiger partial charge >= 0.3 is 0 Å². The number of hydrogen-bond donors (Lipinski definition) is 0. The normalized spacial score (nSPS) is 18.2. The molecule has 0 aliphatic carbocycles. The number of amides is 1. The van der Waals surface area contributed by atoms with Crippen LogP contribution in [-0.4, -0.2) is 43.6 Å². The molecule has 0 unspecified atom stereocenters. The lowest BCUT2D eigenvalue weighted by Crippen LogP contribution is -2.39. The number of carbonyl (C=O) groups is 1. The molecule has 3 heterocycles. The van der Waals surface area contributed by atoms with E-state index in [0.717, 1.165) is 56.0 Å². The van der Waals surface area contributed by atoms with E-state index in [-0.39, 0.29) is 5.91 Å². The first-order valence-corrected chi connectivity index (χ1v) is 8.26. The van der Waals surface area contributed by atoms with Gasteiger partial charge in [0.15, 0.2) is 0 Å². The fourth-order valence-electron chi connectivity index (χ4n) is 3.21. The van der Waals surface area contributed by atoms with Crippen LogP contribution in [0.4, 0.5) is 0 Å². The van der Waals surface area contributed by atoms with Gasteiger partial charge in [-0.1, -0.05) is 0 Å². The van der Waals surface area contributed by atoms with Crippen molar-refractivity contribution in [2.75, 3.05) is 13.1 Å². The molecule has 1 amide bonds. The van der Waals surface area contributed by atoms with Crippen LogP contribution in [0.25, 0.3) is 11.4 Å². The fraction of sp³-hybridized carbons (Fsp3) is 0.529. The number of likely N-dealkylation sites (tertiary alicyclic amines) is 1. The molecular weight excluding hydrogens is 290 g/mol. The van der Waals surface area contributed by atoms with E-state index < -0.39 is 0 Å². The van der Waals surface area contributed by atoms with E-state index in [1.54, 1.807) is 13.1 Å². The second-order valence-corrected chi connectivity index (χ2v) is 6.10. The first-order valence-electron chi connectivity index (χ1n) is 8.26. The van der Waals surface area contributed by atoms with Gasteiger partial charge in [-0.15, -0.1) is 0 Å².